The fourth-order valence-electron chi connectivity index (χ4n) is 3.94. The molecule has 5 rings (SSSR count). The smallest absolute Gasteiger partial charge is 0.295 e. The molecule has 2 heterocycles. The molecule has 0 N–H and O–H groups in total. The molecule has 0 saturated heterocycles. The van der Waals surface area contributed by atoms with Gasteiger partial charge in [-0.1, -0.05) is 41.4 Å². The van der Waals surface area contributed by atoms with Gasteiger partial charge in [0.2, 0.25) is 5.76 Å². The highest BCUT2D eigenvalue weighted by atomic mass is 35.5. The number of nitrogens with zero attached hydrogens (tertiary/aromatic N) is 1. The monoisotopic (exact) mass is 451 g/mol. The Kier molecular flexibility index (Phi) is 4.73. The lowest BCUT2D eigenvalue weighted by atomic mass is 9.98. The minimum absolute atomic E-state index is 0.0145. The van der Waals surface area contributed by atoms with Gasteiger partial charge in [-0.2, -0.15) is 0 Å². The largest absolute Gasteiger partial charge is 0.497 e. The molecular formula is C24H15Cl2NO4. The van der Waals surface area contributed by atoms with Crippen LogP contribution in [0, 0.1) is 0 Å². The summed E-state index contributed by atoms with van der Waals surface area (Å²) in [7, 11) is 1.58. The maximum absolute atomic E-state index is 13.5. The van der Waals surface area contributed by atoms with E-state index in [1.54, 1.807) is 61.7 Å². The van der Waals surface area contributed by atoms with E-state index in [0.717, 1.165) is 5.56 Å². The molecule has 1 aliphatic heterocycles. The van der Waals surface area contributed by atoms with Crippen molar-refractivity contribution in [2.24, 2.45) is 0 Å². The van der Waals surface area contributed by atoms with Crippen LogP contribution in [0.4, 0.5) is 5.69 Å². The Morgan fingerprint density at radius 3 is 2.39 bits per heavy atom. The minimum atomic E-state index is -0.688. The molecule has 31 heavy (non-hydrogen) atoms. The average molecular weight is 452 g/mol. The molecule has 1 aromatic heterocycles. The van der Waals surface area contributed by atoms with E-state index in [1.165, 1.54) is 4.90 Å². The molecule has 4 aromatic rings. The topological polar surface area (TPSA) is 59.8 Å². The van der Waals surface area contributed by atoms with Crippen LogP contribution in [0.3, 0.4) is 0 Å². The van der Waals surface area contributed by atoms with Gasteiger partial charge in [0, 0.05) is 15.7 Å². The zero-order valence-electron chi connectivity index (χ0n) is 16.3. The Bertz CT molecular complexity index is 1400. The summed E-state index contributed by atoms with van der Waals surface area (Å²) in [5, 5.41) is 1.22. The van der Waals surface area contributed by atoms with Crippen LogP contribution in [0.2, 0.25) is 10.0 Å². The van der Waals surface area contributed by atoms with Crippen molar-refractivity contribution in [3.05, 3.63) is 104 Å². The first-order valence-electron chi connectivity index (χ1n) is 9.47. The molecule has 3 aromatic carbocycles. The van der Waals surface area contributed by atoms with E-state index in [0.29, 0.717) is 32.5 Å². The van der Waals surface area contributed by atoms with E-state index in [1.807, 2.05) is 12.1 Å². The molecule has 1 atom stereocenters. The molecule has 154 valence electrons. The predicted octanol–water partition coefficient (Wildman–Crippen LogP) is 5.86. The van der Waals surface area contributed by atoms with Crippen LogP contribution in [0.1, 0.15) is 27.7 Å². The van der Waals surface area contributed by atoms with Crippen molar-refractivity contribution >= 4 is 45.8 Å². The van der Waals surface area contributed by atoms with Gasteiger partial charge in [-0.25, -0.2) is 0 Å². The summed E-state index contributed by atoms with van der Waals surface area (Å²) < 4.78 is 11.2. The highest BCUT2D eigenvalue weighted by molar-refractivity contribution is 6.31. The number of fused-ring (bicyclic) bond motifs is 2. The van der Waals surface area contributed by atoms with E-state index in [9.17, 15) is 9.59 Å². The lowest BCUT2D eigenvalue weighted by Crippen LogP contribution is -2.29. The first-order valence-corrected chi connectivity index (χ1v) is 10.2. The third-order valence-electron chi connectivity index (χ3n) is 5.35. The third-order valence-corrected chi connectivity index (χ3v) is 5.82. The van der Waals surface area contributed by atoms with Crippen LogP contribution in [-0.2, 0) is 0 Å². The summed E-state index contributed by atoms with van der Waals surface area (Å²) in [6, 6.07) is 18.2. The van der Waals surface area contributed by atoms with E-state index in [2.05, 4.69) is 0 Å². The fourth-order valence-corrected chi connectivity index (χ4v) is 4.30. The van der Waals surface area contributed by atoms with Gasteiger partial charge in [0.1, 0.15) is 11.3 Å². The number of rotatable bonds is 3. The second-order valence-electron chi connectivity index (χ2n) is 7.15. The second-order valence-corrected chi connectivity index (χ2v) is 8.02. The molecule has 0 fully saturated rings. The maximum Gasteiger partial charge on any atom is 0.295 e. The summed E-state index contributed by atoms with van der Waals surface area (Å²) in [4.78, 5) is 28.5. The molecule has 5 nitrogen and oxygen atoms in total. The molecule has 1 unspecified atom stereocenters. The molecule has 1 amide bonds. The lowest BCUT2D eigenvalue weighted by Gasteiger charge is -2.25. The standard InChI is InChI=1S/C24H15Cl2NO4/c1-30-17-8-5-13(6-9-17)21-20-22(28)18-12-15(26)7-10-19(18)31-23(20)24(29)27(21)16-4-2-3-14(25)11-16/h2-12,21H,1H3. The summed E-state index contributed by atoms with van der Waals surface area (Å²) in [5.74, 6) is 0.271. The predicted molar refractivity (Wildman–Crippen MR) is 121 cm³/mol. The molecule has 0 radical (unpaired) electrons. The van der Waals surface area contributed by atoms with Crippen LogP contribution < -0.4 is 15.1 Å². The van der Waals surface area contributed by atoms with Gasteiger partial charge in [-0.05, 0) is 54.1 Å². The zero-order valence-corrected chi connectivity index (χ0v) is 17.8. The Morgan fingerprint density at radius 2 is 1.68 bits per heavy atom. The van der Waals surface area contributed by atoms with Crippen molar-refractivity contribution in [1.82, 2.24) is 0 Å². The van der Waals surface area contributed by atoms with Gasteiger partial charge in [0.15, 0.2) is 5.43 Å². The van der Waals surface area contributed by atoms with Gasteiger partial charge >= 0.3 is 0 Å². The van der Waals surface area contributed by atoms with Gasteiger partial charge in [0.25, 0.3) is 5.91 Å². The van der Waals surface area contributed by atoms with E-state index < -0.39 is 11.9 Å². The van der Waals surface area contributed by atoms with Crippen LogP contribution >= 0.6 is 23.2 Å². The molecular weight excluding hydrogens is 437 g/mol. The molecule has 7 heteroatoms. The number of ether oxygens (including phenoxy) is 1. The molecule has 0 spiro atoms. The fraction of sp³-hybridized carbons (Fsp3) is 0.0833. The SMILES string of the molecule is COc1ccc(C2c3c(oc4ccc(Cl)cc4c3=O)C(=O)N2c2cccc(Cl)c2)cc1. The van der Waals surface area contributed by atoms with Gasteiger partial charge in [-0.3, -0.25) is 14.5 Å². The summed E-state index contributed by atoms with van der Waals surface area (Å²) >= 11 is 12.3. The summed E-state index contributed by atoms with van der Waals surface area (Å²) in [6.45, 7) is 0. The van der Waals surface area contributed by atoms with Gasteiger partial charge in [-0.15, -0.1) is 0 Å². The Labute approximate surface area is 187 Å². The Hall–Kier alpha value is -3.28. The van der Waals surface area contributed by atoms with Crippen LogP contribution in [0.5, 0.6) is 5.75 Å². The lowest BCUT2D eigenvalue weighted by molar-refractivity contribution is 0.0971. The van der Waals surface area contributed by atoms with Crippen LogP contribution in [-0.4, -0.2) is 13.0 Å². The number of anilines is 1. The van der Waals surface area contributed by atoms with Crippen LogP contribution in [0.15, 0.2) is 75.9 Å². The van der Waals surface area contributed by atoms with Crippen molar-refractivity contribution in [1.29, 1.82) is 0 Å². The number of amides is 1. The van der Waals surface area contributed by atoms with Crippen molar-refractivity contribution < 1.29 is 13.9 Å². The number of methoxy groups -OCH3 is 1. The Balaban J connectivity index is 1.80. The maximum atomic E-state index is 13.5. The van der Waals surface area contributed by atoms with Crippen molar-refractivity contribution in [2.75, 3.05) is 12.0 Å². The normalized spacial score (nSPS) is 15.4. The highest BCUT2D eigenvalue weighted by Crippen LogP contribution is 2.42. The van der Waals surface area contributed by atoms with E-state index >= 15 is 0 Å². The van der Waals surface area contributed by atoms with Crippen molar-refractivity contribution in [3.8, 4) is 5.75 Å². The first kappa shape index (κ1) is 19.7. The number of halogens is 2. The second kappa shape index (κ2) is 7.45. The van der Waals surface area contributed by atoms with Crippen LogP contribution in [0.25, 0.3) is 11.0 Å². The summed E-state index contributed by atoms with van der Waals surface area (Å²) in [5.41, 5.74) is 1.58. The number of benzene rings is 3. The highest BCUT2D eigenvalue weighted by Gasteiger charge is 2.43. The third kappa shape index (κ3) is 3.17. The first-order chi connectivity index (χ1) is 15.0. The number of carbonyl (C=O) groups is 1. The minimum Gasteiger partial charge on any atom is -0.497 e. The molecule has 0 bridgehead atoms. The summed E-state index contributed by atoms with van der Waals surface area (Å²) in [6.07, 6.45) is 0. The van der Waals surface area contributed by atoms with Gasteiger partial charge < -0.3 is 9.15 Å². The van der Waals surface area contributed by atoms with E-state index in [4.69, 9.17) is 32.4 Å². The number of hydrogen-bond acceptors (Lipinski definition) is 4. The molecule has 0 aliphatic carbocycles. The number of carbonyl (C=O) groups excluding carboxylic acids is 1. The molecule has 0 saturated carbocycles. The zero-order chi connectivity index (χ0) is 21.7. The number of hydrogen-bond donors (Lipinski definition) is 0. The Morgan fingerprint density at radius 1 is 0.935 bits per heavy atom. The van der Waals surface area contributed by atoms with Gasteiger partial charge in [0.05, 0.1) is 24.1 Å². The van der Waals surface area contributed by atoms with E-state index in [-0.39, 0.29) is 16.8 Å². The molecule has 1 aliphatic rings. The van der Waals surface area contributed by atoms with Crippen molar-refractivity contribution in [2.45, 2.75) is 6.04 Å². The quantitative estimate of drug-likeness (QED) is 0.391. The average Bonchev–Trinajstić information content (AvgIpc) is 3.07. The van der Waals surface area contributed by atoms with Crippen molar-refractivity contribution in [3.63, 3.8) is 0 Å².